The van der Waals surface area contributed by atoms with Crippen LogP contribution in [0.25, 0.3) is 10.8 Å². The Kier molecular flexibility index (Phi) is 3.20. The maximum absolute atomic E-state index is 9.44. The minimum Gasteiger partial charge on any atom is -0.393 e. The molecule has 0 fully saturated rings. The third kappa shape index (κ3) is 2.22. The molecule has 1 aromatic carbocycles. The number of hydrogen-bond acceptors (Lipinski definition) is 2. The van der Waals surface area contributed by atoms with E-state index >= 15 is 0 Å². The fourth-order valence-corrected chi connectivity index (χ4v) is 2.17. The molecule has 2 unspecified atom stereocenters. The van der Waals surface area contributed by atoms with Crippen LogP contribution in [-0.2, 0) is 0 Å². The number of aliphatic hydroxyl groups excluding tert-OH is 1. The van der Waals surface area contributed by atoms with Crippen LogP contribution in [0.3, 0.4) is 0 Å². The quantitative estimate of drug-likeness (QED) is 0.853. The Labute approximate surface area is 96.0 Å². The van der Waals surface area contributed by atoms with E-state index in [2.05, 4.69) is 24.0 Å². The van der Waals surface area contributed by atoms with Gasteiger partial charge in [-0.25, -0.2) is 0 Å². The van der Waals surface area contributed by atoms with Crippen LogP contribution in [0.4, 0.5) is 0 Å². The first-order valence-electron chi connectivity index (χ1n) is 5.69. The molecule has 0 bridgehead atoms. The van der Waals surface area contributed by atoms with E-state index in [1.165, 1.54) is 10.9 Å². The molecule has 2 aromatic rings. The second kappa shape index (κ2) is 4.62. The second-order valence-corrected chi connectivity index (χ2v) is 4.44. The lowest BCUT2D eigenvalue weighted by Gasteiger charge is -2.15. The summed E-state index contributed by atoms with van der Waals surface area (Å²) in [6, 6.07) is 8.25. The fourth-order valence-electron chi connectivity index (χ4n) is 2.17. The summed E-state index contributed by atoms with van der Waals surface area (Å²) in [6.45, 7) is 3.96. The highest BCUT2D eigenvalue weighted by molar-refractivity contribution is 5.85. The van der Waals surface area contributed by atoms with E-state index in [9.17, 15) is 5.11 Å². The van der Waals surface area contributed by atoms with Crippen LogP contribution < -0.4 is 0 Å². The summed E-state index contributed by atoms with van der Waals surface area (Å²) in [6.07, 6.45) is 4.30. The number of fused-ring (bicyclic) bond motifs is 1. The number of rotatable bonds is 3. The summed E-state index contributed by atoms with van der Waals surface area (Å²) >= 11 is 0. The van der Waals surface area contributed by atoms with Crippen molar-refractivity contribution in [2.75, 3.05) is 0 Å². The SMILES string of the molecule is CC(O)CC(C)c1cncc2ccccc12. The third-order valence-electron chi connectivity index (χ3n) is 2.92. The van der Waals surface area contributed by atoms with Crippen LogP contribution >= 0.6 is 0 Å². The number of aliphatic hydroxyl groups is 1. The molecule has 2 atom stereocenters. The van der Waals surface area contributed by atoms with Gasteiger partial charge in [-0.05, 0) is 30.2 Å². The van der Waals surface area contributed by atoms with Crippen LogP contribution in [0.15, 0.2) is 36.7 Å². The Morgan fingerprint density at radius 2 is 1.94 bits per heavy atom. The minimum absolute atomic E-state index is 0.269. The summed E-state index contributed by atoms with van der Waals surface area (Å²) in [4.78, 5) is 4.26. The van der Waals surface area contributed by atoms with Crippen molar-refractivity contribution in [1.29, 1.82) is 0 Å². The zero-order valence-corrected chi connectivity index (χ0v) is 9.72. The van der Waals surface area contributed by atoms with Crippen LogP contribution in [0, 0.1) is 0 Å². The van der Waals surface area contributed by atoms with Gasteiger partial charge in [0.2, 0.25) is 0 Å². The van der Waals surface area contributed by atoms with E-state index in [0.717, 1.165) is 11.8 Å². The summed E-state index contributed by atoms with van der Waals surface area (Å²) < 4.78 is 0. The number of benzene rings is 1. The Morgan fingerprint density at radius 1 is 1.19 bits per heavy atom. The highest BCUT2D eigenvalue weighted by Crippen LogP contribution is 2.27. The monoisotopic (exact) mass is 215 g/mol. The molecule has 1 aromatic heterocycles. The predicted molar refractivity (Wildman–Crippen MR) is 66.5 cm³/mol. The van der Waals surface area contributed by atoms with E-state index in [1.54, 1.807) is 0 Å². The number of hydrogen-bond donors (Lipinski definition) is 1. The molecule has 0 amide bonds. The van der Waals surface area contributed by atoms with E-state index < -0.39 is 0 Å². The Morgan fingerprint density at radius 3 is 2.69 bits per heavy atom. The molecular formula is C14H17NO. The highest BCUT2D eigenvalue weighted by atomic mass is 16.3. The first-order valence-corrected chi connectivity index (χ1v) is 5.69. The van der Waals surface area contributed by atoms with E-state index in [0.29, 0.717) is 5.92 Å². The summed E-state index contributed by atoms with van der Waals surface area (Å²) in [5, 5.41) is 11.8. The lowest BCUT2D eigenvalue weighted by molar-refractivity contribution is 0.177. The molecular weight excluding hydrogens is 198 g/mol. The maximum Gasteiger partial charge on any atom is 0.0517 e. The van der Waals surface area contributed by atoms with Gasteiger partial charge in [0.15, 0.2) is 0 Å². The zero-order valence-electron chi connectivity index (χ0n) is 9.72. The molecule has 0 saturated carbocycles. The molecule has 16 heavy (non-hydrogen) atoms. The van der Waals surface area contributed by atoms with Gasteiger partial charge in [-0.1, -0.05) is 31.2 Å². The van der Waals surface area contributed by atoms with Crippen LogP contribution in [0.1, 0.15) is 31.7 Å². The molecule has 0 saturated heterocycles. The normalized spacial score (nSPS) is 14.9. The lowest BCUT2D eigenvalue weighted by atomic mass is 9.93. The smallest absolute Gasteiger partial charge is 0.0517 e. The maximum atomic E-state index is 9.44. The molecule has 0 spiro atoms. The average molecular weight is 215 g/mol. The topological polar surface area (TPSA) is 33.1 Å². The van der Waals surface area contributed by atoms with Gasteiger partial charge in [-0.15, -0.1) is 0 Å². The lowest BCUT2D eigenvalue weighted by Crippen LogP contribution is -2.06. The summed E-state index contributed by atoms with van der Waals surface area (Å²) in [5.74, 6) is 0.332. The molecule has 0 radical (unpaired) electrons. The Hall–Kier alpha value is -1.41. The second-order valence-electron chi connectivity index (χ2n) is 4.44. The molecule has 0 aliphatic heterocycles. The number of aromatic nitrogens is 1. The van der Waals surface area contributed by atoms with Crippen molar-refractivity contribution in [3.05, 3.63) is 42.2 Å². The molecule has 0 aliphatic carbocycles. The highest BCUT2D eigenvalue weighted by Gasteiger charge is 2.11. The first kappa shape index (κ1) is 11.1. The first-order chi connectivity index (χ1) is 7.68. The number of pyridine rings is 1. The molecule has 1 heterocycles. The average Bonchev–Trinajstić information content (AvgIpc) is 2.27. The van der Waals surface area contributed by atoms with Gasteiger partial charge >= 0.3 is 0 Å². The number of nitrogens with zero attached hydrogens (tertiary/aromatic N) is 1. The van der Waals surface area contributed by atoms with Crippen molar-refractivity contribution >= 4 is 10.8 Å². The van der Waals surface area contributed by atoms with Crippen LogP contribution in [-0.4, -0.2) is 16.2 Å². The van der Waals surface area contributed by atoms with Gasteiger partial charge in [0.1, 0.15) is 0 Å². The van der Waals surface area contributed by atoms with Crippen molar-refractivity contribution in [1.82, 2.24) is 4.98 Å². The van der Waals surface area contributed by atoms with Crippen molar-refractivity contribution < 1.29 is 5.11 Å². The van der Waals surface area contributed by atoms with E-state index in [1.807, 2.05) is 31.5 Å². The molecule has 84 valence electrons. The standard InChI is InChI=1S/C14H17NO/c1-10(7-11(2)16)14-9-15-8-12-5-3-4-6-13(12)14/h3-6,8-11,16H,7H2,1-2H3. The predicted octanol–water partition coefficient (Wildman–Crippen LogP) is 3.11. The molecule has 2 rings (SSSR count). The minimum atomic E-state index is -0.269. The largest absolute Gasteiger partial charge is 0.393 e. The van der Waals surface area contributed by atoms with Gasteiger partial charge in [0, 0.05) is 17.8 Å². The van der Waals surface area contributed by atoms with E-state index in [4.69, 9.17) is 0 Å². The van der Waals surface area contributed by atoms with Crippen molar-refractivity contribution in [3.8, 4) is 0 Å². The van der Waals surface area contributed by atoms with Crippen molar-refractivity contribution in [2.24, 2.45) is 0 Å². The molecule has 0 aliphatic rings. The fraction of sp³-hybridized carbons (Fsp3) is 0.357. The summed E-state index contributed by atoms with van der Waals surface area (Å²) in [5.41, 5.74) is 1.22. The van der Waals surface area contributed by atoms with Crippen molar-refractivity contribution in [2.45, 2.75) is 32.3 Å². The third-order valence-corrected chi connectivity index (χ3v) is 2.92. The van der Waals surface area contributed by atoms with Gasteiger partial charge in [0.05, 0.1) is 6.10 Å². The molecule has 2 heteroatoms. The molecule has 1 N–H and O–H groups in total. The van der Waals surface area contributed by atoms with Crippen LogP contribution in [0.5, 0.6) is 0 Å². The van der Waals surface area contributed by atoms with Gasteiger partial charge < -0.3 is 5.11 Å². The zero-order chi connectivity index (χ0) is 11.5. The Bertz CT molecular complexity index is 474. The van der Waals surface area contributed by atoms with Gasteiger partial charge in [0.25, 0.3) is 0 Å². The Balaban J connectivity index is 2.44. The van der Waals surface area contributed by atoms with Gasteiger partial charge in [-0.3, -0.25) is 4.98 Å². The van der Waals surface area contributed by atoms with E-state index in [-0.39, 0.29) is 6.10 Å². The van der Waals surface area contributed by atoms with Crippen molar-refractivity contribution in [3.63, 3.8) is 0 Å². The summed E-state index contributed by atoms with van der Waals surface area (Å²) in [7, 11) is 0. The van der Waals surface area contributed by atoms with Gasteiger partial charge in [-0.2, -0.15) is 0 Å². The molecule has 2 nitrogen and oxygen atoms in total. The van der Waals surface area contributed by atoms with Crippen LogP contribution in [0.2, 0.25) is 0 Å².